The van der Waals surface area contributed by atoms with E-state index in [0.29, 0.717) is 6.54 Å². The maximum atomic E-state index is 5.66. The standard InChI is InChI=1S/C15H26N2/c1-10-9-11(2)13(4)14(12(10)3)17-15(5,6)7-8-16/h9,17H,7-8,16H2,1-6H3. The summed E-state index contributed by atoms with van der Waals surface area (Å²) in [6, 6.07) is 2.26. The first kappa shape index (κ1) is 14.0. The van der Waals surface area contributed by atoms with Crippen LogP contribution in [0.5, 0.6) is 0 Å². The first-order chi connectivity index (χ1) is 7.78. The van der Waals surface area contributed by atoms with Crippen LogP contribution in [0.2, 0.25) is 0 Å². The van der Waals surface area contributed by atoms with E-state index in [1.165, 1.54) is 27.9 Å². The Morgan fingerprint density at radius 3 is 1.94 bits per heavy atom. The minimum Gasteiger partial charge on any atom is -0.380 e. The van der Waals surface area contributed by atoms with Gasteiger partial charge in [0, 0.05) is 11.2 Å². The second-order valence-electron chi connectivity index (χ2n) is 5.68. The average Bonchev–Trinajstić information content (AvgIpc) is 2.21. The summed E-state index contributed by atoms with van der Waals surface area (Å²) < 4.78 is 0. The first-order valence-corrected chi connectivity index (χ1v) is 6.34. The van der Waals surface area contributed by atoms with E-state index in [9.17, 15) is 0 Å². The summed E-state index contributed by atoms with van der Waals surface area (Å²) >= 11 is 0. The van der Waals surface area contributed by atoms with Gasteiger partial charge >= 0.3 is 0 Å². The fourth-order valence-electron chi connectivity index (χ4n) is 2.17. The van der Waals surface area contributed by atoms with Gasteiger partial charge in [0.1, 0.15) is 0 Å². The van der Waals surface area contributed by atoms with E-state index < -0.39 is 0 Å². The average molecular weight is 234 g/mol. The number of nitrogens with two attached hydrogens (primary N) is 1. The Balaban J connectivity index is 3.14. The lowest BCUT2D eigenvalue weighted by atomic mass is 9.94. The van der Waals surface area contributed by atoms with E-state index in [-0.39, 0.29) is 5.54 Å². The maximum Gasteiger partial charge on any atom is 0.0409 e. The molecule has 0 unspecified atom stereocenters. The van der Waals surface area contributed by atoms with E-state index in [0.717, 1.165) is 6.42 Å². The van der Waals surface area contributed by atoms with Crippen LogP contribution in [0.25, 0.3) is 0 Å². The number of hydrogen-bond acceptors (Lipinski definition) is 2. The Labute approximate surface area is 106 Å². The van der Waals surface area contributed by atoms with Crippen molar-refractivity contribution in [3.63, 3.8) is 0 Å². The van der Waals surface area contributed by atoms with Crippen molar-refractivity contribution >= 4 is 5.69 Å². The number of hydrogen-bond donors (Lipinski definition) is 2. The molecule has 0 bridgehead atoms. The smallest absolute Gasteiger partial charge is 0.0409 e. The summed E-state index contributed by atoms with van der Waals surface area (Å²) in [6.45, 7) is 13.8. The molecule has 96 valence electrons. The normalized spacial score (nSPS) is 11.7. The third-order valence-electron chi connectivity index (χ3n) is 3.60. The minimum atomic E-state index is 0.0461. The SMILES string of the molecule is Cc1cc(C)c(C)c(NC(C)(C)CCN)c1C. The van der Waals surface area contributed by atoms with Crippen LogP contribution in [0.15, 0.2) is 6.07 Å². The molecular weight excluding hydrogens is 208 g/mol. The van der Waals surface area contributed by atoms with Gasteiger partial charge in [0.15, 0.2) is 0 Å². The molecule has 0 heterocycles. The summed E-state index contributed by atoms with van der Waals surface area (Å²) in [4.78, 5) is 0. The second kappa shape index (κ2) is 5.09. The largest absolute Gasteiger partial charge is 0.380 e. The number of nitrogens with one attached hydrogen (secondary N) is 1. The van der Waals surface area contributed by atoms with Gasteiger partial charge in [0.25, 0.3) is 0 Å². The number of benzene rings is 1. The van der Waals surface area contributed by atoms with Gasteiger partial charge in [-0.25, -0.2) is 0 Å². The molecule has 0 saturated heterocycles. The highest BCUT2D eigenvalue weighted by Crippen LogP contribution is 2.29. The first-order valence-electron chi connectivity index (χ1n) is 6.34. The monoisotopic (exact) mass is 234 g/mol. The molecule has 17 heavy (non-hydrogen) atoms. The highest BCUT2D eigenvalue weighted by molar-refractivity contribution is 5.63. The Kier molecular flexibility index (Phi) is 4.21. The van der Waals surface area contributed by atoms with Crippen molar-refractivity contribution in [3.05, 3.63) is 28.3 Å². The third kappa shape index (κ3) is 3.22. The number of aryl methyl sites for hydroxylation is 2. The van der Waals surface area contributed by atoms with E-state index >= 15 is 0 Å². The highest BCUT2D eigenvalue weighted by Gasteiger charge is 2.19. The van der Waals surface area contributed by atoms with Crippen molar-refractivity contribution < 1.29 is 0 Å². The molecule has 0 saturated carbocycles. The van der Waals surface area contributed by atoms with Crippen LogP contribution in [0.3, 0.4) is 0 Å². The lowest BCUT2D eigenvalue weighted by molar-refractivity contribution is 0.525. The molecule has 0 aromatic heterocycles. The summed E-state index contributed by atoms with van der Waals surface area (Å²) in [5, 5.41) is 3.66. The van der Waals surface area contributed by atoms with Gasteiger partial charge < -0.3 is 11.1 Å². The summed E-state index contributed by atoms with van der Waals surface area (Å²) in [7, 11) is 0. The van der Waals surface area contributed by atoms with Gasteiger partial charge in [-0.3, -0.25) is 0 Å². The number of anilines is 1. The van der Waals surface area contributed by atoms with Crippen LogP contribution in [0.4, 0.5) is 5.69 Å². The Morgan fingerprint density at radius 2 is 1.53 bits per heavy atom. The Morgan fingerprint density at radius 1 is 1.06 bits per heavy atom. The molecule has 0 fully saturated rings. The van der Waals surface area contributed by atoms with Gasteiger partial charge in [0.2, 0.25) is 0 Å². The quantitative estimate of drug-likeness (QED) is 0.837. The molecule has 0 aliphatic carbocycles. The summed E-state index contributed by atoms with van der Waals surface area (Å²) in [5.41, 5.74) is 12.4. The summed E-state index contributed by atoms with van der Waals surface area (Å²) in [6.07, 6.45) is 0.971. The van der Waals surface area contributed by atoms with Crippen LogP contribution >= 0.6 is 0 Å². The van der Waals surface area contributed by atoms with Crippen molar-refractivity contribution in [2.75, 3.05) is 11.9 Å². The maximum absolute atomic E-state index is 5.66. The van der Waals surface area contributed by atoms with Crippen LogP contribution in [-0.2, 0) is 0 Å². The fourth-order valence-corrected chi connectivity index (χ4v) is 2.17. The molecule has 0 spiro atoms. The Bertz CT molecular complexity index is 380. The Hall–Kier alpha value is -1.02. The molecular formula is C15H26N2. The molecule has 0 radical (unpaired) electrons. The zero-order valence-corrected chi connectivity index (χ0v) is 12.1. The molecule has 1 rings (SSSR count). The second-order valence-corrected chi connectivity index (χ2v) is 5.68. The topological polar surface area (TPSA) is 38.0 Å². The van der Waals surface area contributed by atoms with Crippen molar-refractivity contribution in [1.82, 2.24) is 0 Å². The van der Waals surface area contributed by atoms with E-state index in [2.05, 4.69) is 52.9 Å². The molecule has 0 aliphatic heterocycles. The highest BCUT2D eigenvalue weighted by atomic mass is 15.0. The van der Waals surface area contributed by atoms with Gasteiger partial charge in [-0.05, 0) is 76.8 Å². The molecule has 2 nitrogen and oxygen atoms in total. The molecule has 0 amide bonds. The molecule has 1 aromatic rings. The van der Waals surface area contributed by atoms with E-state index in [1.54, 1.807) is 0 Å². The molecule has 0 atom stereocenters. The predicted molar refractivity (Wildman–Crippen MR) is 76.8 cm³/mol. The van der Waals surface area contributed by atoms with Crippen LogP contribution < -0.4 is 11.1 Å². The van der Waals surface area contributed by atoms with Gasteiger partial charge in [0.05, 0.1) is 0 Å². The predicted octanol–water partition coefficient (Wildman–Crippen LogP) is 3.46. The fraction of sp³-hybridized carbons (Fsp3) is 0.600. The van der Waals surface area contributed by atoms with Crippen molar-refractivity contribution in [1.29, 1.82) is 0 Å². The lowest BCUT2D eigenvalue weighted by Gasteiger charge is -2.30. The van der Waals surface area contributed by atoms with Gasteiger partial charge in [-0.15, -0.1) is 0 Å². The van der Waals surface area contributed by atoms with Crippen molar-refractivity contribution in [2.24, 2.45) is 5.73 Å². The lowest BCUT2D eigenvalue weighted by Crippen LogP contribution is -2.34. The van der Waals surface area contributed by atoms with Crippen LogP contribution in [0.1, 0.15) is 42.5 Å². The third-order valence-corrected chi connectivity index (χ3v) is 3.60. The molecule has 0 aliphatic rings. The minimum absolute atomic E-state index is 0.0461. The van der Waals surface area contributed by atoms with E-state index in [1.807, 2.05) is 0 Å². The molecule has 1 aromatic carbocycles. The molecule has 2 heteroatoms. The van der Waals surface area contributed by atoms with Crippen molar-refractivity contribution in [3.8, 4) is 0 Å². The zero-order chi connectivity index (χ0) is 13.2. The van der Waals surface area contributed by atoms with Crippen molar-refractivity contribution in [2.45, 2.75) is 53.5 Å². The zero-order valence-electron chi connectivity index (χ0n) is 12.1. The summed E-state index contributed by atoms with van der Waals surface area (Å²) in [5.74, 6) is 0. The van der Waals surface area contributed by atoms with E-state index in [4.69, 9.17) is 5.73 Å². The number of rotatable bonds is 4. The van der Waals surface area contributed by atoms with Gasteiger partial charge in [-0.1, -0.05) is 6.07 Å². The van der Waals surface area contributed by atoms with Gasteiger partial charge in [-0.2, -0.15) is 0 Å². The van der Waals surface area contributed by atoms with Crippen LogP contribution in [0, 0.1) is 27.7 Å². The molecule has 3 N–H and O–H groups in total. The van der Waals surface area contributed by atoms with Crippen LogP contribution in [-0.4, -0.2) is 12.1 Å².